The van der Waals surface area contributed by atoms with Crippen molar-refractivity contribution in [3.63, 3.8) is 0 Å². The van der Waals surface area contributed by atoms with E-state index in [9.17, 15) is 6.85 Å². The van der Waals surface area contributed by atoms with Crippen molar-refractivity contribution in [1.82, 2.24) is 15.0 Å². The minimum absolute atomic E-state index is 0.134. The van der Waals surface area contributed by atoms with Crippen molar-refractivity contribution in [2.45, 2.75) is 0 Å². The summed E-state index contributed by atoms with van der Waals surface area (Å²) in [6, 6.07) is 38.6. The molecule has 11 rings (SSSR count). The van der Waals surface area contributed by atoms with Crippen molar-refractivity contribution in [3.8, 4) is 78.7 Å². The molecule has 0 saturated carbocycles. The Morgan fingerprint density at radius 3 is 1.40 bits per heavy atom. The van der Waals surface area contributed by atoms with Gasteiger partial charge in [-0.25, -0.2) is 15.0 Å². The van der Waals surface area contributed by atoms with E-state index in [2.05, 4.69) is 36.4 Å². The van der Waals surface area contributed by atoms with Gasteiger partial charge in [0.05, 0.1) is 17.8 Å². The molecule has 3 nitrogen and oxygen atoms in total. The highest BCUT2D eigenvalue weighted by Crippen LogP contribution is 2.38. The third-order valence-corrected chi connectivity index (χ3v) is 10.5. The number of benzene rings is 10. The third kappa shape index (κ3) is 6.68. The number of aromatic nitrogens is 3. The first kappa shape index (κ1) is 24.0. The molecule has 0 fully saturated rings. The van der Waals surface area contributed by atoms with Crippen LogP contribution in [-0.2, 0) is 0 Å². The van der Waals surface area contributed by atoms with E-state index in [-0.39, 0.29) is 28.4 Å². The van der Waals surface area contributed by atoms with Gasteiger partial charge in [0, 0.05) is 16.7 Å². The third-order valence-electron chi connectivity index (χ3n) is 10.5. The van der Waals surface area contributed by atoms with Gasteiger partial charge in [0.15, 0.2) is 17.5 Å². The molecule has 0 bridgehead atoms. The summed E-state index contributed by atoms with van der Waals surface area (Å²) in [4.78, 5) is 14.8. The molecule has 0 aliphatic heterocycles. The minimum atomic E-state index is -0.746. The van der Waals surface area contributed by atoms with Crippen molar-refractivity contribution in [2.75, 3.05) is 0 Å². The van der Waals surface area contributed by atoms with Gasteiger partial charge >= 0.3 is 0 Å². The van der Waals surface area contributed by atoms with Gasteiger partial charge in [0.1, 0.15) is 0 Å². The molecule has 60 heavy (non-hydrogen) atoms. The zero-order valence-corrected chi connectivity index (χ0v) is 31.7. The van der Waals surface area contributed by atoms with Crippen LogP contribution in [-0.4, -0.2) is 15.0 Å². The molecule has 10 aromatic carbocycles. The van der Waals surface area contributed by atoms with E-state index in [1.807, 2.05) is 103 Å². The van der Waals surface area contributed by atoms with E-state index in [4.69, 9.17) is 25.9 Å². The summed E-state index contributed by atoms with van der Waals surface area (Å²) in [7, 11) is 0. The Bertz CT molecular complexity index is 4120. The Labute approximate surface area is 367 Å². The summed E-state index contributed by atoms with van der Waals surface area (Å²) >= 11 is 0. The minimum Gasteiger partial charge on any atom is -0.208 e. The molecular weight excluding hydrogens is 727 g/mol. The Balaban J connectivity index is 1.18. The lowest BCUT2D eigenvalue weighted by molar-refractivity contribution is 1.08. The lowest BCUT2D eigenvalue weighted by Gasteiger charge is -2.14. The molecule has 0 saturated heterocycles. The van der Waals surface area contributed by atoms with E-state index in [1.54, 1.807) is 6.07 Å². The second kappa shape index (κ2) is 15.1. The molecule has 0 N–H and O–H groups in total. The molecule has 0 amide bonds. The van der Waals surface area contributed by atoms with E-state index >= 15 is 0 Å². The van der Waals surface area contributed by atoms with Crippen molar-refractivity contribution in [1.29, 1.82) is 0 Å². The monoisotopic (exact) mass is 776 g/mol. The molecule has 0 atom stereocenters. The molecule has 11 aromatic rings. The first-order chi connectivity index (χ1) is 35.1. The second-order valence-electron chi connectivity index (χ2n) is 14.2. The number of rotatable bonds is 7. The summed E-state index contributed by atoms with van der Waals surface area (Å²) in [5.74, 6) is 0.0230. The van der Waals surface area contributed by atoms with Crippen LogP contribution in [0.3, 0.4) is 0 Å². The Hall–Kier alpha value is -8.01. The highest BCUT2D eigenvalue weighted by molar-refractivity contribution is 6.07. The lowest BCUT2D eigenvalue weighted by atomic mass is 9.92. The predicted octanol–water partition coefficient (Wildman–Crippen LogP) is 15.0. The Morgan fingerprint density at radius 1 is 0.283 bits per heavy atom. The number of fused-ring (bicyclic) bond motifs is 3. The molecule has 0 aliphatic rings. The van der Waals surface area contributed by atoms with Crippen LogP contribution >= 0.6 is 0 Å². The van der Waals surface area contributed by atoms with Gasteiger partial charge in [0.25, 0.3) is 0 Å². The maximum Gasteiger partial charge on any atom is 0.164 e. The lowest BCUT2D eigenvalue weighted by Crippen LogP contribution is -2.01. The predicted molar refractivity (Wildman–Crippen MR) is 250 cm³/mol. The largest absolute Gasteiger partial charge is 0.208 e. The van der Waals surface area contributed by atoms with Gasteiger partial charge in [-0.2, -0.15) is 0 Å². The van der Waals surface area contributed by atoms with Crippen LogP contribution in [0.15, 0.2) is 224 Å². The molecule has 1 aromatic heterocycles. The first-order valence-corrected chi connectivity index (χ1v) is 19.3. The maximum atomic E-state index is 10.1. The second-order valence-corrected chi connectivity index (χ2v) is 14.2. The fourth-order valence-electron chi connectivity index (χ4n) is 7.52. The van der Waals surface area contributed by atoms with Crippen LogP contribution in [0.1, 0.15) is 17.8 Å². The average Bonchev–Trinajstić information content (AvgIpc) is 3.42. The molecule has 0 unspecified atom stereocenters. The maximum absolute atomic E-state index is 10.1. The van der Waals surface area contributed by atoms with Crippen molar-refractivity contribution >= 4 is 32.3 Å². The van der Waals surface area contributed by atoms with Gasteiger partial charge in [-0.05, 0) is 113 Å². The molecule has 1 heterocycles. The number of hydrogen-bond donors (Lipinski definition) is 0. The van der Waals surface area contributed by atoms with Crippen molar-refractivity contribution in [2.24, 2.45) is 0 Å². The fourth-order valence-corrected chi connectivity index (χ4v) is 7.52. The summed E-state index contributed by atoms with van der Waals surface area (Å²) in [5, 5.41) is 0.183. The van der Waals surface area contributed by atoms with Crippen LogP contribution in [0, 0.1) is 0 Å². The Kier molecular flexibility index (Phi) is 6.03. The molecule has 0 spiro atoms. The van der Waals surface area contributed by atoms with Crippen LogP contribution in [0.25, 0.3) is 111 Å². The average molecular weight is 777 g/mol. The number of hydrogen-bond acceptors (Lipinski definition) is 3. The van der Waals surface area contributed by atoms with Crippen LogP contribution in [0.5, 0.6) is 0 Å². The van der Waals surface area contributed by atoms with E-state index < -0.39 is 106 Å². The molecule has 280 valence electrons. The van der Waals surface area contributed by atoms with Crippen LogP contribution in [0.4, 0.5) is 0 Å². The van der Waals surface area contributed by atoms with Gasteiger partial charge in [-0.15, -0.1) is 0 Å². The SMILES string of the molecule is [2H]c1c([2H])c([2H])c2c(-c3c([2H])c(-c4nc(-c5cccc(-c6ccccc6)c5)nc(-c5ccc6cc(-c7cccc(-c8ccccc8)c7)ccc6c5)n4)c([2H])c4c([2H])c([2H])c([2H])c([2H])c34)c([2H])c([2H])c([2H])c2c1[2H]. The van der Waals surface area contributed by atoms with Crippen LogP contribution in [0.2, 0.25) is 0 Å². The van der Waals surface area contributed by atoms with E-state index in [1.165, 1.54) is 0 Å². The van der Waals surface area contributed by atoms with Gasteiger partial charge in [-0.3, -0.25) is 0 Å². The molecule has 0 aliphatic carbocycles. The normalized spacial score (nSPS) is 14.4. The smallest absolute Gasteiger partial charge is 0.164 e. The fraction of sp³-hybridized carbons (Fsp3) is 0. The van der Waals surface area contributed by atoms with Crippen molar-refractivity contribution < 1.29 is 17.8 Å². The van der Waals surface area contributed by atoms with Crippen molar-refractivity contribution in [3.05, 3.63) is 224 Å². The molecule has 0 radical (unpaired) electrons. The number of nitrogens with zero attached hydrogens (tertiary/aromatic N) is 3. The summed E-state index contributed by atoms with van der Waals surface area (Å²) in [5.41, 5.74) is 5.85. The summed E-state index contributed by atoms with van der Waals surface area (Å²) in [6.07, 6.45) is 0. The molecule has 3 heteroatoms. The van der Waals surface area contributed by atoms with Gasteiger partial charge in [-0.1, -0.05) is 188 Å². The van der Waals surface area contributed by atoms with Crippen LogP contribution < -0.4 is 0 Å². The quantitative estimate of drug-likeness (QED) is 0.162. The van der Waals surface area contributed by atoms with Gasteiger partial charge in [0.2, 0.25) is 0 Å². The van der Waals surface area contributed by atoms with Gasteiger partial charge < -0.3 is 0 Å². The standard InChI is InChI=1S/C57H37N3/c1-3-14-38(15-4-1)41-21-11-23-43(32-41)44-28-29-46-35-49(31-30-45(46)33-44)56-58-55(48-24-12-22-42(34-48)39-16-5-2-6-17-39)59-57(60-56)50-36-47-19-8-10-26-52(47)54(37-50)53-27-13-20-40-18-7-9-25-51(40)53/h1-37H/i7D,8D,9D,10D,13D,18D,19D,20D,25D,26D,27D,36D,37D. The van der Waals surface area contributed by atoms with E-state index in [0.29, 0.717) is 11.1 Å². The topological polar surface area (TPSA) is 38.7 Å². The molecular formula is C57H37N3. The zero-order chi connectivity index (χ0) is 51.1. The highest BCUT2D eigenvalue weighted by atomic mass is 15.0. The highest BCUT2D eigenvalue weighted by Gasteiger charge is 2.17. The van der Waals surface area contributed by atoms with E-state index in [0.717, 1.165) is 44.2 Å². The summed E-state index contributed by atoms with van der Waals surface area (Å²) in [6.45, 7) is 0. The first-order valence-electron chi connectivity index (χ1n) is 25.8. The zero-order valence-electron chi connectivity index (χ0n) is 44.7. The Morgan fingerprint density at radius 2 is 0.733 bits per heavy atom. The summed E-state index contributed by atoms with van der Waals surface area (Å²) < 4.78 is 118.